The zero-order chi connectivity index (χ0) is 15.6. The summed E-state index contributed by atoms with van der Waals surface area (Å²) in [7, 11) is 0. The lowest BCUT2D eigenvalue weighted by molar-refractivity contribution is 0.231. The maximum atomic E-state index is 5.92. The fourth-order valence-corrected chi connectivity index (χ4v) is 3.30. The lowest BCUT2D eigenvalue weighted by Crippen LogP contribution is -2.48. The van der Waals surface area contributed by atoms with Crippen LogP contribution in [-0.2, 0) is 0 Å². The van der Waals surface area contributed by atoms with Gasteiger partial charge in [-0.1, -0.05) is 26.1 Å². The molecule has 1 aromatic rings. The Labute approximate surface area is 133 Å². The third-order valence-electron chi connectivity index (χ3n) is 3.89. The van der Waals surface area contributed by atoms with E-state index >= 15 is 0 Å². The monoisotopic (exact) mass is 306 g/mol. The predicted molar refractivity (Wildman–Crippen MR) is 93.1 cm³/mol. The van der Waals surface area contributed by atoms with Gasteiger partial charge in [0.2, 0.25) is 0 Å². The maximum absolute atomic E-state index is 5.92. The van der Waals surface area contributed by atoms with Gasteiger partial charge in [-0.05, 0) is 25.8 Å². The highest BCUT2D eigenvalue weighted by atomic mass is 32.1. The van der Waals surface area contributed by atoms with E-state index in [0.29, 0.717) is 10.9 Å². The minimum absolute atomic E-state index is 0.444. The van der Waals surface area contributed by atoms with Crippen LogP contribution in [0.4, 0.5) is 5.69 Å². The first-order valence-corrected chi connectivity index (χ1v) is 8.04. The molecule has 2 rings (SSSR count). The van der Waals surface area contributed by atoms with E-state index in [1.165, 1.54) is 6.54 Å². The molecule has 1 fully saturated rings. The Morgan fingerprint density at radius 1 is 1.29 bits per heavy atom. The van der Waals surface area contributed by atoms with Gasteiger partial charge in [-0.3, -0.25) is 9.88 Å². The van der Waals surface area contributed by atoms with Gasteiger partial charge in [-0.25, -0.2) is 0 Å². The quantitative estimate of drug-likeness (QED) is 0.863. The van der Waals surface area contributed by atoms with Crippen LogP contribution in [0.25, 0.3) is 0 Å². The van der Waals surface area contributed by atoms with Crippen molar-refractivity contribution >= 4 is 22.9 Å². The van der Waals surface area contributed by atoms with E-state index in [1.54, 1.807) is 0 Å². The number of hydrogen-bond acceptors (Lipinski definition) is 4. The van der Waals surface area contributed by atoms with Crippen molar-refractivity contribution in [1.82, 2.24) is 9.88 Å². The van der Waals surface area contributed by atoms with Crippen LogP contribution >= 0.6 is 12.2 Å². The molecule has 2 N–H and O–H groups in total. The summed E-state index contributed by atoms with van der Waals surface area (Å²) in [4.78, 5) is 9.87. The first kappa shape index (κ1) is 16.2. The van der Waals surface area contributed by atoms with E-state index in [0.717, 1.165) is 48.8 Å². The number of rotatable bonds is 4. The average molecular weight is 306 g/mol. The number of pyridine rings is 1. The first-order chi connectivity index (χ1) is 9.88. The van der Waals surface area contributed by atoms with Gasteiger partial charge in [0.25, 0.3) is 0 Å². The molecular formula is C16H26N4S. The second kappa shape index (κ2) is 6.71. The van der Waals surface area contributed by atoms with Gasteiger partial charge in [0.15, 0.2) is 0 Å². The Morgan fingerprint density at radius 3 is 2.43 bits per heavy atom. The lowest BCUT2D eigenvalue weighted by atomic mass is 10.1. The van der Waals surface area contributed by atoms with Crippen molar-refractivity contribution in [2.75, 3.05) is 37.6 Å². The number of nitrogens with two attached hydrogens (primary N) is 1. The van der Waals surface area contributed by atoms with Crippen LogP contribution in [0, 0.1) is 19.8 Å². The summed E-state index contributed by atoms with van der Waals surface area (Å²) in [5.74, 6) is 0.717. The summed E-state index contributed by atoms with van der Waals surface area (Å²) in [5.41, 5.74) is 9.96. The van der Waals surface area contributed by atoms with Crippen molar-refractivity contribution in [3.63, 3.8) is 0 Å². The second-order valence-corrected chi connectivity index (χ2v) is 6.73. The summed E-state index contributed by atoms with van der Waals surface area (Å²) in [5, 5.41) is 0. The molecule has 0 atom stereocenters. The van der Waals surface area contributed by atoms with E-state index in [9.17, 15) is 0 Å². The third-order valence-corrected chi connectivity index (χ3v) is 4.09. The average Bonchev–Trinajstić information content (AvgIpc) is 2.37. The van der Waals surface area contributed by atoms with Crippen LogP contribution in [0.3, 0.4) is 0 Å². The van der Waals surface area contributed by atoms with Gasteiger partial charge in [0.05, 0.1) is 11.3 Å². The van der Waals surface area contributed by atoms with Crippen molar-refractivity contribution in [3.05, 3.63) is 23.0 Å². The van der Waals surface area contributed by atoms with Crippen LogP contribution in [0.5, 0.6) is 0 Å². The van der Waals surface area contributed by atoms with E-state index in [-0.39, 0.29) is 0 Å². The molecule has 0 saturated carbocycles. The van der Waals surface area contributed by atoms with Gasteiger partial charge >= 0.3 is 0 Å². The molecule has 0 aliphatic carbocycles. The summed E-state index contributed by atoms with van der Waals surface area (Å²) in [6, 6.07) is 2.11. The van der Waals surface area contributed by atoms with Crippen LogP contribution in [0.2, 0.25) is 0 Å². The number of aryl methyl sites for hydroxylation is 2. The Bertz CT molecular complexity index is 519. The standard InChI is InChI=1S/C16H26N4S/c1-11(2)10-19-5-7-20(8-6-19)14-9-12(3)18-13(4)15(14)16(17)21/h9,11H,5-8,10H2,1-4H3,(H2,17,21). The Kier molecular flexibility index (Phi) is 5.17. The number of hydrogen-bond donors (Lipinski definition) is 1. The Balaban J connectivity index is 2.18. The fraction of sp³-hybridized carbons (Fsp3) is 0.625. The van der Waals surface area contributed by atoms with Crippen LogP contribution in [0.15, 0.2) is 6.07 Å². The molecule has 1 aliphatic rings. The van der Waals surface area contributed by atoms with Gasteiger partial charge < -0.3 is 10.6 Å². The molecule has 1 aromatic heterocycles. The first-order valence-electron chi connectivity index (χ1n) is 7.64. The molecule has 21 heavy (non-hydrogen) atoms. The second-order valence-electron chi connectivity index (χ2n) is 6.29. The summed E-state index contributed by atoms with van der Waals surface area (Å²) >= 11 is 5.23. The van der Waals surface area contributed by atoms with Crippen molar-refractivity contribution in [3.8, 4) is 0 Å². The molecule has 0 aromatic carbocycles. The maximum Gasteiger partial charge on any atom is 0.107 e. The summed E-state index contributed by atoms with van der Waals surface area (Å²) in [6.45, 7) is 13.9. The van der Waals surface area contributed by atoms with Crippen molar-refractivity contribution in [2.45, 2.75) is 27.7 Å². The van der Waals surface area contributed by atoms with Gasteiger partial charge in [-0.2, -0.15) is 0 Å². The number of nitrogens with zero attached hydrogens (tertiary/aromatic N) is 3. The minimum Gasteiger partial charge on any atom is -0.389 e. The lowest BCUT2D eigenvalue weighted by Gasteiger charge is -2.37. The molecule has 0 bridgehead atoms. The van der Waals surface area contributed by atoms with Gasteiger partial charge in [-0.15, -0.1) is 0 Å². The highest BCUT2D eigenvalue weighted by molar-refractivity contribution is 7.80. The van der Waals surface area contributed by atoms with Crippen molar-refractivity contribution < 1.29 is 0 Å². The molecule has 2 heterocycles. The molecule has 4 nitrogen and oxygen atoms in total. The predicted octanol–water partition coefficient (Wildman–Crippen LogP) is 2.11. The normalized spacial score (nSPS) is 16.5. The Hall–Kier alpha value is -1.20. The van der Waals surface area contributed by atoms with Crippen molar-refractivity contribution in [1.29, 1.82) is 0 Å². The molecular weight excluding hydrogens is 280 g/mol. The molecule has 116 valence electrons. The topological polar surface area (TPSA) is 45.4 Å². The van der Waals surface area contributed by atoms with Crippen LogP contribution < -0.4 is 10.6 Å². The van der Waals surface area contributed by atoms with Crippen LogP contribution in [-0.4, -0.2) is 47.6 Å². The van der Waals surface area contributed by atoms with Gasteiger partial charge in [0, 0.05) is 44.1 Å². The molecule has 1 saturated heterocycles. The minimum atomic E-state index is 0.444. The van der Waals surface area contributed by atoms with Crippen molar-refractivity contribution in [2.24, 2.45) is 11.7 Å². The molecule has 0 unspecified atom stereocenters. The summed E-state index contributed by atoms with van der Waals surface area (Å²) < 4.78 is 0. The highest BCUT2D eigenvalue weighted by Crippen LogP contribution is 2.25. The largest absolute Gasteiger partial charge is 0.389 e. The highest BCUT2D eigenvalue weighted by Gasteiger charge is 2.22. The Morgan fingerprint density at radius 2 is 1.90 bits per heavy atom. The fourth-order valence-electron chi connectivity index (χ4n) is 3.05. The molecule has 0 spiro atoms. The third kappa shape index (κ3) is 3.92. The zero-order valence-electron chi connectivity index (χ0n) is 13.5. The molecule has 1 aliphatic heterocycles. The van der Waals surface area contributed by atoms with Crippen LogP contribution in [0.1, 0.15) is 30.8 Å². The molecule has 0 amide bonds. The number of thiocarbonyl (C=S) groups is 1. The molecule has 0 radical (unpaired) electrons. The summed E-state index contributed by atoms with van der Waals surface area (Å²) in [6.07, 6.45) is 0. The zero-order valence-corrected chi connectivity index (χ0v) is 14.3. The molecule has 5 heteroatoms. The van der Waals surface area contributed by atoms with E-state index in [2.05, 4.69) is 34.7 Å². The van der Waals surface area contributed by atoms with E-state index in [4.69, 9.17) is 18.0 Å². The number of aromatic nitrogens is 1. The SMILES string of the molecule is Cc1cc(N2CCN(CC(C)C)CC2)c(C(N)=S)c(C)n1. The smallest absolute Gasteiger partial charge is 0.107 e. The van der Waals surface area contributed by atoms with Gasteiger partial charge in [0.1, 0.15) is 4.99 Å². The van der Waals surface area contributed by atoms with E-state index in [1.807, 2.05) is 13.8 Å². The number of piperazine rings is 1. The number of anilines is 1. The van der Waals surface area contributed by atoms with E-state index < -0.39 is 0 Å².